The van der Waals surface area contributed by atoms with Crippen LogP contribution in [0.4, 0.5) is 10.1 Å². The molecule has 1 aliphatic heterocycles. The van der Waals surface area contributed by atoms with E-state index in [-0.39, 0.29) is 5.82 Å². The van der Waals surface area contributed by atoms with Crippen molar-refractivity contribution >= 4 is 28.5 Å². The quantitative estimate of drug-likeness (QED) is 0.605. The van der Waals surface area contributed by atoms with E-state index in [2.05, 4.69) is 19.9 Å². The average molecular weight is 401 g/mol. The van der Waals surface area contributed by atoms with Crippen LogP contribution in [-0.4, -0.2) is 35.2 Å². The molecule has 1 aromatic carbocycles. The van der Waals surface area contributed by atoms with Gasteiger partial charge in [-0.3, -0.25) is 4.98 Å². The number of ether oxygens (including phenoxy) is 1. The number of imidazole rings is 1. The van der Waals surface area contributed by atoms with Crippen molar-refractivity contribution in [1.29, 1.82) is 0 Å². The third-order valence-electron chi connectivity index (χ3n) is 5.30. The fraction of sp³-hybridized carbons (Fsp3) is 0.429. The van der Waals surface area contributed by atoms with Gasteiger partial charge in [0.2, 0.25) is 0 Å². The smallest absolute Gasteiger partial charge is 0.166 e. The Bertz CT molecular complexity index is 966. The zero-order valence-corrected chi connectivity index (χ0v) is 17.1. The molecule has 1 aliphatic rings. The normalized spacial score (nSPS) is 15.0. The molecule has 0 spiro atoms. The van der Waals surface area contributed by atoms with Gasteiger partial charge in [0.15, 0.2) is 5.16 Å². The molecule has 5 nitrogen and oxygen atoms in total. The molecule has 0 aliphatic carbocycles. The van der Waals surface area contributed by atoms with Gasteiger partial charge in [-0.05, 0) is 31.9 Å². The molecule has 148 valence electrons. The first kappa shape index (κ1) is 19.1. The predicted molar refractivity (Wildman–Crippen MR) is 112 cm³/mol. The predicted octanol–water partition coefficient (Wildman–Crippen LogP) is 5.09. The molecule has 1 N–H and O–H groups in total. The number of fused-ring (bicyclic) bond motifs is 1. The zero-order valence-electron chi connectivity index (χ0n) is 16.3. The van der Waals surface area contributed by atoms with Crippen molar-refractivity contribution in [1.82, 2.24) is 15.0 Å². The minimum Gasteiger partial charge on any atom is -0.496 e. The maximum atomic E-state index is 14.7. The maximum Gasteiger partial charge on any atom is 0.166 e. The Balaban J connectivity index is 1.54. The Morgan fingerprint density at radius 1 is 1.21 bits per heavy atom. The minimum absolute atomic E-state index is 0.181. The summed E-state index contributed by atoms with van der Waals surface area (Å²) in [5, 5.41) is 0.770. The number of aromatic nitrogens is 3. The highest BCUT2D eigenvalue weighted by Gasteiger charge is 2.17. The van der Waals surface area contributed by atoms with E-state index in [4.69, 9.17) is 4.74 Å². The number of methoxy groups -OCH3 is 1. The number of thioether (sulfide) groups is 1. The summed E-state index contributed by atoms with van der Waals surface area (Å²) >= 11 is 1.56. The van der Waals surface area contributed by atoms with Gasteiger partial charge in [0.25, 0.3) is 0 Å². The number of hydrogen-bond donors (Lipinski definition) is 1. The largest absolute Gasteiger partial charge is 0.496 e. The van der Waals surface area contributed by atoms with Gasteiger partial charge in [-0.25, -0.2) is 9.37 Å². The van der Waals surface area contributed by atoms with E-state index in [9.17, 15) is 4.39 Å². The number of nitrogens with one attached hydrogen (secondary N) is 1. The van der Waals surface area contributed by atoms with Crippen molar-refractivity contribution in [2.45, 2.75) is 43.5 Å². The number of aromatic amines is 1. The summed E-state index contributed by atoms with van der Waals surface area (Å²) in [7, 11) is 1.66. The highest BCUT2D eigenvalue weighted by atomic mass is 32.2. The highest BCUT2D eigenvalue weighted by molar-refractivity contribution is 7.98. The van der Waals surface area contributed by atoms with Crippen molar-refractivity contribution in [3.05, 3.63) is 41.5 Å². The fourth-order valence-corrected chi connectivity index (χ4v) is 4.59. The highest BCUT2D eigenvalue weighted by Crippen LogP contribution is 2.30. The van der Waals surface area contributed by atoms with Crippen LogP contribution in [0.1, 0.15) is 36.9 Å². The van der Waals surface area contributed by atoms with Gasteiger partial charge in [-0.1, -0.05) is 24.6 Å². The number of rotatable bonds is 5. The lowest BCUT2D eigenvalue weighted by atomic mass is 10.2. The van der Waals surface area contributed by atoms with E-state index in [1.807, 2.05) is 19.1 Å². The third-order valence-corrected chi connectivity index (χ3v) is 6.18. The lowest BCUT2D eigenvalue weighted by Gasteiger charge is -2.23. The Hall–Kier alpha value is -2.28. The van der Waals surface area contributed by atoms with E-state index in [1.165, 1.54) is 12.8 Å². The van der Waals surface area contributed by atoms with Crippen LogP contribution in [0, 0.1) is 12.7 Å². The zero-order chi connectivity index (χ0) is 19.5. The first-order valence-electron chi connectivity index (χ1n) is 9.71. The molecule has 3 heterocycles. The molecule has 0 unspecified atom stereocenters. The van der Waals surface area contributed by atoms with Gasteiger partial charge in [-0.15, -0.1) is 0 Å². The summed E-state index contributed by atoms with van der Waals surface area (Å²) in [5.74, 6) is 1.32. The molecular weight excluding hydrogens is 375 g/mol. The number of anilines is 1. The first-order valence-corrected chi connectivity index (χ1v) is 10.7. The molecule has 1 fully saturated rings. The topological polar surface area (TPSA) is 54.0 Å². The van der Waals surface area contributed by atoms with E-state index >= 15 is 0 Å². The SMILES string of the molecule is COc1ccnc(CSc2nc3cc(N4CCCCCC4)c(F)cc3[nH]2)c1C. The summed E-state index contributed by atoms with van der Waals surface area (Å²) in [4.78, 5) is 14.5. The standard InChI is InChI=1S/C21H25FN4OS/c1-14-18(23-8-7-20(14)27-2)13-28-21-24-16-11-15(22)19(12-17(16)25-21)26-9-5-3-4-6-10-26/h7-8,11-12H,3-6,9-10,13H2,1-2H3,(H,24,25). The molecule has 1 saturated heterocycles. The Labute approximate surface area is 168 Å². The van der Waals surface area contributed by atoms with Crippen LogP contribution < -0.4 is 9.64 Å². The monoisotopic (exact) mass is 400 g/mol. The van der Waals surface area contributed by atoms with Gasteiger partial charge < -0.3 is 14.6 Å². The Kier molecular flexibility index (Phi) is 5.71. The van der Waals surface area contributed by atoms with Crippen molar-refractivity contribution in [3.63, 3.8) is 0 Å². The van der Waals surface area contributed by atoms with Crippen molar-refractivity contribution < 1.29 is 9.13 Å². The molecule has 2 aromatic heterocycles. The van der Waals surface area contributed by atoms with Crippen LogP contribution in [0.2, 0.25) is 0 Å². The van der Waals surface area contributed by atoms with E-state index in [0.717, 1.165) is 59.1 Å². The van der Waals surface area contributed by atoms with E-state index in [1.54, 1.807) is 31.1 Å². The Morgan fingerprint density at radius 3 is 2.75 bits per heavy atom. The average Bonchev–Trinajstić information content (AvgIpc) is 2.89. The summed E-state index contributed by atoms with van der Waals surface area (Å²) < 4.78 is 20.1. The molecule has 0 saturated carbocycles. The lowest BCUT2D eigenvalue weighted by molar-refractivity contribution is 0.410. The summed E-state index contributed by atoms with van der Waals surface area (Å²) in [5.41, 5.74) is 4.19. The van der Waals surface area contributed by atoms with Gasteiger partial charge in [0, 0.05) is 36.7 Å². The second-order valence-electron chi connectivity index (χ2n) is 7.14. The van der Waals surface area contributed by atoms with Crippen molar-refractivity contribution in [3.8, 4) is 5.75 Å². The molecule has 0 amide bonds. The second kappa shape index (κ2) is 8.39. The van der Waals surface area contributed by atoms with Crippen LogP contribution >= 0.6 is 11.8 Å². The number of benzene rings is 1. The van der Waals surface area contributed by atoms with Gasteiger partial charge >= 0.3 is 0 Å². The second-order valence-corrected chi connectivity index (χ2v) is 8.10. The van der Waals surface area contributed by atoms with Crippen LogP contribution in [0.25, 0.3) is 11.0 Å². The molecule has 4 rings (SSSR count). The number of pyridine rings is 1. The molecule has 28 heavy (non-hydrogen) atoms. The Morgan fingerprint density at radius 2 is 2.00 bits per heavy atom. The van der Waals surface area contributed by atoms with Crippen LogP contribution in [0.15, 0.2) is 29.6 Å². The molecule has 3 aromatic rings. The molecule has 0 radical (unpaired) electrons. The van der Waals surface area contributed by atoms with Crippen LogP contribution in [0.5, 0.6) is 5.75 Å². The maximum absolute atomic E-state index is 14.7. The summed E-state index contributed by atoms with van der Waals surface area (Å²) in [6, 6.07) is 5.31. The van der Waals surface area contributed by atoms with Gasteiger partial charge in [0.1, 0.15) is 11.6 Å². The molecular formula is C21H25FN4OS. The van der Waals surface area contributed by atoms with Gasteiger partial charge in [0.05, 0.1) is 29.5 Å². The van der Waals surface area contributed by atoms with E-state index < -0.39 is 0 Å². The lowest BCUT2D eigenvalue weighted by Crippen LogP contribution is -2.24. The summed E-state index contributed by atoms with van der Waals surface area (Å²) in [6.07, 6.45) is 6.43. The molecule has 0 bridgehead atoms. The molecule has 0 atom stereocenters. The minimum atomic E-state index is -0.181. The van der Waals surface area contributed by atoms with Crippen LogP contribution in [-0.2, 0) is 5.75 Å². The third kappa shape index (κ3) is 3.94. The number of nitrogens with zero attached hydrogens (tertiary/aromatic N) is 3. The number of H-pyrrole nitrogens is 1. The number of halogens is 1. The number of hydrogen-bond acceptors (Lipinski definition) is 5. The van der Waals surface area contributed by atoms with Crippen LogP contribution in [0.3, 0.4) is 0 Å². The van der Waals surface area contributed by atoms with Crippen molar-refractivity contribution in [2.75, 3.05) is 25.1 Å². The van der Waals surface area contributed by atoms with Crippen molar-refractivity contribution in [2.24, 2.45) is 0 Å². The van der Waals surface area contributed by atoms with Gasteiger partial charge in [-0.2, -0.15) is 0 Å². The summed E-state index contributed by atoms with van der Waals surface area (Å²) in [6.45, 7) is 3.83. The first-order chi connectivity index (χ1) is 13.7. The van der Waals surface area contributed by atoms with E-state index in [0.29, 0.717) is 11.4 Å². The fourth-order valence-electron chi connectivity index (χ4n) is 3.68. The molecule has 7 heteroatoms.